The molecule has 1 N–H and O–H groups in total. The van der Waals surface area contributed by atoms with Crippen molar-refractivity contribution in [3.05, 3.63) is 70.0 Å². The number of rotatable bonds is 3. The van der Waals surface area contributed by atoms with Crippen LogP contribution in [0.4, 0.5) is 4.39 Å². The Labute approximate surface area is 128 Å². The molecule has 2 aromatic carbocycles. The SMILES string of the molecule is OC(Cc1cccc(Cl)c1F)C1OCCc2ccccc21. The van der Waals surface area contributed by atoms with Gasteiger partial charge in [0.1, 0.15) is 11.9 Å². The fraction of sp³-hybridized carbons (Fsp3) is 0.294. The summed E-state index contributed by atoms with van der Waals surface area (Å²) >= 11 is 5.78. The molecule has 0 aromatic heterocycles. The van der Waals surface area contributed by atoms with Gasteiger partial charge in [-0.1, -0.05) is 48.0 Å². The van der Waals surface area contributed by atoms with Crippen molar-refractivity contribution in [3.8, 4) is 0 Å². The maximum absolute atomic E-state index is 13.9. The van der Waals surface area contributed by atoms with Gasteiger partial charge in [-0.15, -0.1) is 0 Å². The summed E-state index contributed by atoms with van der Waals surface area (Å²) in [5.74, 6) is -0.470. The zero-order chi connectivity index (χ0) is 14.8. The number of benzene rings is 2. The summed E-state index contributed by atoms with van der Waals surface area (Å²) in [6.07, 6.45) is -0.219. The summed E-state index contributed by atoms with van der Waals surface area (Å²) in [7, 11) is 0. The highest BCUT2D eigenvalue weighted by atomic mass is 35.5. The van der Waals surface area contributed by atoms with Gasteiger partial charge >= 0.3 is 0 Å². The zero-order valence-corrected chi connectivity index (χ0v) is 12.2. The van der Waals surface area contributed by atoms with Crippen LogP contribution < -0.4 is 0 Å². The molecule has 0 amide bonds. The first-order chi connectivity index (χ1) is 10.2. The lowest BCUT2D eigenvalue weighted by atomic mass is 9.92. The number of aliphatic hydroxyl groups is 1. The third-order valence-corrected chi connectivity index (χ3v) is 4.13. The lowest BCUT2D eigenvalue weighted by Crippen LogP contribution is -2.28. The molecule has 0 saturated heterocycles. The van der Waals surface area contributed by atoms with Gasteiger partial charge in [-0.2, -0.15) is 0 Å². The van der Waals surface area contributed by atoms with E-state index in [2.05, 4.69) is 0 Å². The maximum atomic E-state index is 13.9. The number of hydrogen-bond donors (Lipinski definition) is 1. The maximum Gasteiger partial charge on any atom is 0.145 e. The smallest absolute Gasteiger partial charge is 0.145 e. The van der Waals surface area contributed by atoms with Crippen LogP contribution in [0.5, 0.6) is 0 Å². The van der Waals surface area contributed by atoms with Crippen LogP contribution in [0.2, 0.25) is 5.02 Å². The number of fused-ring (bicyclic) bond motifs is 1. The Bertz CT molecular complexity index is 644. The average molecular weight is 307 g/mol. The van der Waals surface area contributed by atoms with Crippen molar-refractivity contribution >= 4 is 11.6 Å². The normalized spacial score (nSPS) is 19.1. The van der Waals surface area contributed by atoms with Crippen molar-refractivity contribution in [3.63, 3.8) is 0 Å². The molecule has 2 atom stereocenters. The Hall–Kier alpha value is -1.42. The van der Waals surface area contributed by atoms with E-state index in [0.717, 1.165) is 12.0 Å². The third-order valence-electron chi connectivity index (χ3n) is 3.84. The van der Waals surface area contributed by atoms with Gasteiger partial charge in [0.2, 0.25) is 0 Å². The minimum absolute atomic E-state index is 0.0738. The van der Waals surface area contributed by atoms with Gasteiger partial charge in [-0.3, -0.25) is 0 Å². The Morgan fingerprint density at radius 3 is 2.90 bits per heavy atom. The molecule has 2 nitrogen and oxygen atoms in total. The monoisotopic (exact) mass is 306 g/mol. The minimum Gasteiger partial charge on any atom is -0.390 e. The van der Waals surface area contributed by atoms with E-state index < -0.39 is 18.0 Å². The largest absolute Gasteiger partial charge is 0.390 e. The van der Waals surface area contributed by atoms with Crippen molar-refractivity contribution in [2.45, 2.75) is 25.0 Å². The van der Waals surface area contributed by atoms with E-state index in [1.807, 2.05) is 24.3 Å². The van der Waals surface area contributed by atoms with Crippen molar-refractivity contribution in [1.82, 2.24) is 0 Å². The van der Waals surface area contributed by atoms with Crippen LogP contribution >= 0.6 is 11.6 Å². The van der Waals surface area contributed by atoms with Crippen LogP contribution in [0.1, 0.15) is 22.8 Å². The third kappa shape index (κ3) is 2.95. The molecule has 1 aliphatic heterocycles. The standard InChI is InChI=1S/C17H16ClFO2/c18-14-7-3-5-12(16(14)19)10-15(20)17-13-6-2-1-4-11(13)8-9-21-17/h1-7,15,17,20H,8-10H2. The van der Waals surface area contributed by atoms with E-state index in [1.54, 1.807) is 12.1 Å². The van der Waals surface area contributed by atoms with Crippen molar-refractivity contribution < 1.29 is 14.2 Å². The van der Waals surface area contributed by atoms with Gasteiger partial charge in [-0.25, -0.2) is 4.39 Å². The van der Waals surface area contributed by atoms with E-state index in [4.69, 9.17) is 16.3 Å². The second-order valence-electron chi connectivity index (χ2n) is 5.22. The first-order valence-electron chi connectivity index (χ1n) is 6.97. The lowest BCUT2D eigenvalue weighted by Gasteiger charge is -2.30. The summed E-state index contributed by atoms with van der Waals surface area (Å²) in [5, 5.41) is 10.5. The molecule has 1 heterocycles. The van der Waals surface area contributed by atoms with Crippen molar-refractivity contribution in [1.29, 1.82) is 0 Å². The summed E-state index contributed by atoms with van der Waals surface area (Å²) in [5.41, 5.74) is 2.57. The molecule has 2 aromatic rings. The van der Waals surface area contributed by atoms with Crippen LogP contribution in [0.25, 0.3) is 0 Å². The predicted octanol–water partition coefficient (Wildman–Crippen LogP) is 3.70. The van der Waals surface area contributed by atoms with E-state index in [0.29, 0.717) is 12.2 Å². The molecule has 1 aliphatic rings. The molecular formula is C17H16ClFO2. The van der Waals surface area contributed by atoms with Gasteiger partial charge in [0.15, 0.2) is 0 Å². The van der Waals surface area contributed by atoms with Gasteiger partial charge in [0, 0.05) is 6.42 Å². The summed E-state index contributed by atoms with van der Waals surface area (Å²) in [6.45, 7) is 0.566. The molecular weight excluding hydrogens is 291 g/mol. The fourth-order valence-electron chi connectivity index (χ4n) is 2.78. The first-order valence-corrected chi connectivity index (χ1v) is 7.35. The quantitative estimate of drug-likeness (QED) is 0.937. The Balaban J connectivity index is 1.83. The van der Waals surface area contributed by atoms with Gasteiger partial charge in [-0.05, 0) is 29.2 Å². The lowest BCUT2D eigenvalue weighted by molar-refractivity contribution is -0.0463. The van der Waals surface area contributed by atoms with Crippen LogP contribution in [-0.4, -0.2) is 17.8 Å². The van der Waals surface area contributed by atoms with E-state index in [1.165, 1.54) is 11.6 Å². The molecule has 3 rings (SSSR count). The molecule has 0 aliphatic carbocycles. The molecule has 0 bridgehead atoms. The van der Waals surface area contributed by atoms with Crippen LogP contribution in [0.15, 0.2) is 42.5 Å². The molecule has 110 valence electrons. The summed E-state index contributed by atoms with van der Waals surface area (Å²) in [4.78, 5) is 0. The number of hydrogen-bond acceptors (Lipinski definition) is 2. The van der Waals surface area contributed by atoms with Gasteiger partial charge in [0.25, 0.3) is 0 Å². The van der Waals surface area contributed by atoms with Crippen LogP contribution in [0.3, 0.4) is 0 Å². The van der Waals surface area contributed by atoms with Crippen LogP contribution in [-0.2, 0) is 17.6 Å². The van der Waals surface area contributed by atoms with Gasteiger partial charge in [0.05, 0.1) is 17.7 Å². The molecule has 0 spiro atoms. The molecule has 0 fully saturated rings. The highest BCUT2D eigenvalue weighted by molar-refractivity contribution is 6.30. The first kappa shape index (κ1) is 14.5. The second-order valence-corrected chi connectivity index (χ2v) is 5.63. The Morgan fingerprint density at radius 2 is 2.05 bits per heavy atom. The molecule has 4 heteroatoms. The number of ether oxygens (including phenoxy) is 1. The molecule has 0 radical (unpaired) electrons. The zero-order valence-electron chi connectivity index (χ0n) is 11.4. The minimum atomic E-state index is -0.806. The molecule has 2 unspecified atom stereocenters. The second kappa shape index (κ2) is 6.14. The topological polar surface area (TPSA) is 29.5 Å². The van der Waals surface area contributed by atoms with Crippen LogP contribution in [0, 0.1) is 5.82 Å². The van der Waals surface area contributed by atoms with Crippen molar-refractivity contribution in [2.24, 2.45) is 0 Å². The predicted molar refractivity (Wildman–Crippen MR) is 80.0 cm³/mol. The summed E-state index contributed by atoms with van der Waals surface area (Å²) in [6, 6.07) is 12.7. The Morgan fingerprint density at radius 1 is 1.24 bits per heavy atom. The van der Waals surface area contributed by atoms with E-state index in [-0.39, 0.29) is 11.4 Å². The van der Waals surface area contributed by atoms with E-state index in [9.17, 15) is 9.50 Å². The van der Waals surface area contributed by atoms with E-state index >= 15 is 0 Å². The summed E-state index contributed by atoms with van der Waals surface area (Å²) < 4.78 is 19.6. The average Bonchev–Trinajstić information content (AvgIpc) is 2.51. The fourth-order valence-corrected chi connectivity index (χ4v) is 2.98. The Kier molecular flexibility index (Phi) is 4.24. The van der Waals surface area contributed by atoms with Crippen molar-refractivity contribution in [2.75, 3.05) is 6.61 Å². The number of halogens is 2. The number of aliphatic hydroxyl groups excluding tert-OH is 1. The molecule has 0 saturated carbocycles. The highest BCUT2D eigenvalue weighted by Crippen LogP contribution is 2.31. The van der Waals surface area contributed by atoms with Gasteiger partial charge < -0.3 is 9.84 Å². The highest BCUT2D eigenvalue weighted by Gasteiger charge is 2.28. The molecule has 21 heavy (non-hydrogen) atoms.